The maximum Gasteiger partial charge on any atom is 0.265 e. The van der Waals surface area contributed by atoms with Crippen molar-refractivity contribution in [3.63, 3.8) is 0 Å². The second-order valence-corrected chi connectivity index (χ2v) is 9.47. The minimum Gasteiger partial charge on any atom is -0.324 e. The third-order valence-electron chi connectivity index (χ3n) is 5.49. The summed E-state index contributed by atoms with van der Waals surface area (Å²) in [6.07, 6.45) is 3.08. The lowest BCUT2D eigenvalue weighted by molar-refractivity contribution is -0.114. The highest BCUT2D eigenvalue weighted by Crippen LogP contribution is 2.29. The van der Waals surface area contributed by atoms with Gasteiger partial charge in [0.2, 0.25) is 5.91 Å². The van der Waals surface area contributed by atoms with Crippen molar-refractivity contribution >= 4 is 38.1 Å². The molecule has 0 unspecified atom stereocenters. The third-order valence-corrected chi connectivity index (χ3v) is 7.32. The van der Waals surface area contributed by atoms with E-state index in [1.165, 1.54) is 24.4 Å². The molecule has 0 saturated heterocycles. The summed E-state index contributed by atoms with van der Waals surface area (Å²) < 4.78 is 42.1. The van der Waals surface area contributed by atoms with Crippen LogP contribution in [0.15, 0.2) is 84.0 Å². The van der Waals surface area contributed by atoms with Crippen molar-refractivity contribution < 1.29 is 17.6 Å². The number of carbonyl (C=O) groups excluding carboxylic acids is 1. The number of hydrogen-bond donors (Lipinski definition) is 1. The van der Waals surface area contributed by atoms with Gasteiger partial charge in [0.05, 0.1) is 10.6 Å². The highest BCUT2D eigenvalue weighted by molar-refractivity contribution is 7.93. The van der Waals surface area contributed by atoms with Crippen LogP contribution in [0, 0.1) is 19.7 Å². The van der Waals surface area contributed by atoms with E-state index in [0.717, 1.165) is 27.6 Å². The number of rotatable bonds is 6. The summed E-state index contributed by atoms with van der Waals surface area (Å²) in [5.41, 5.74) is 2.68. The van der Waals surface area contributed by atoms with E-state index in [0.29, 0.717) is 16.5 Å². The molecule has 0 spiro atoms. The van der Waals surface area contributed by atoms with Gasteiger partial charge in [-0.15, -0.1) is 0 Å². The van der Waals surface area contributed by atoms with Crippen molar-refractivity contribution in [2.75, 3.05) is 16.2 Å². The molecule has 1 aromatic heterocycles. The Kier molecular flexibility index (Phi) is 6.11. The number of carbonyl (C=O) groups is 1. The summed E-state index contributed by atoms with van der Waals surface area (Å²) >= 11 is 0. The van der Waals surface area contributed by atoms with Crippen LogP contribution in [-0.4, -0.2) is 25.9 Å². The average Bonchev–Trinajstić information content (AvgIpc) is 2.81. The fourth-order valence-electron chi connectivity index (χ4n) is 3.57. The van der Waals surface area contributed by atoms with Crippen LogP contribution >= 0.6 is 0 Å². The Morgan fingerprint density at radius 1 is 1.00 bits per heavy atom. The van der Waals surface area contributed by atoms with Crippen LogP contribution in [-0.2, 0) is 14.8 Å². The van der Waals surface area contributed by atoms with Gasteiger partial charge in [0.15, 0.2) is 0 Å². The van der Waals surface area contributed by atoms with E-state index in [-0.39, 0.29) is 10.6 Å². The molecule has 1 N–H and O–H groups in total. The first-order chi connectivity index (χ1) is 15.8. The molecule has 3 aromatic carbocycles. The standard InChI is InChI=1S/C25H22FN3O3S/c1-17-5-3-7-23(18(17)2)28-25(30)16-29(21-11-9-20(26)10-12-21)33(31,32)24-8-4-6-19-15-27-14-13-22(19)24/h3-15H,16H2,1-2H3,(H,28,30). The molecule has 0 aliphatic heterocycles. The summed E-state index contributed by atoms with van der Waals surface area (Å²) in [5, 5.41) is 3.93. The van der Waals surface area contributed by atoms with Gasteiger partial charge < -0.3 is 5.32 Å². The first-order valence-electron chi connectivity index (χ1n) is 10.2. The average molecular weight is 464 g/mol. The number of benzene rings is 3. The Balaban J connectivity index is 1.76. The fraction of sp³-hybridized carbons (Fsp3) is 0.120. The van der Waals surface area contributed by atoms with Crippen molar-refractivity contribution in [1.82, 2.24) is 4.98 Å². The summed E-state index contributed by atoms with van der Waals surface area (Å²) in [5.74, 6) is -1.02. The molecule has 8 heteroatoms. The van der Waals surface area contributed by atoms with Gasteiger partial charge in [0, 0.05) is 28.9 Å². The molecular formula is C25H22FN3O3S. The molecule has 0 bridgehead atoms. The van der Waals surface area contributed by atoms with Gasteiger partial charge in [-0.2, -0.15) is 0 Å². The van der Waals surface area contributed by atoms with E-state index in [4.69, 9.17) is 0 Å². The highest BCUT2D eigenvalue weighted by atomic mass is 32.2. The lowest BCUT2D eigenvalue weighted by atomic mass is 10.1. The molecule has 1 heterocycles. The first kappa shape index (κ1) is 22.4. The molecule has 0 fully saturated rings. The van der Waals surface area contributed by atoms with E-state index in [9.17, 15) is 17.6 Å². The first-order valence-corrected chi connectivity index (χ1v) is 11.7. The maximum absolute atomic E-state index is 13.8. The molecule has 0 atom stereocenters. The Hall–Kier alpha value is -3.78. The molecule has 4 rings (SSSR count). The Morgan fingerprint density at radius 2 is 1.73 bits per heavy atom. The van der Waals surface area contributed by atoms with Crippen LogP contribution in [0.2, 0.25) is 0 Å². The molecule has 4 aromatic rings. The predicted molar refractivity (Wildman–Crippen MR) is 127 cm³/mol. The topological polar surface area (TPSA) is 79.4 Å². The molecule has 168 valence electrons. The van der Waals surface area contributed by atoms with Gasteiger partial charge in [-0.05, 0) is 67.4 Å². The Labute approximate surface area is 191 Å². The van der Waals surface area contributed by atoms with Gasteiger partial charge in [-0.3, -0.25) is 14.1 Å². The van der Waals surface area contributed by atoms with E-state index in [1.807, 2.05) is 26.0 Å². The lowest BCUT2D eigenvalue weighted by Crippen LogP contribution is -2.38. The minimum absolute atomic E-state index is 0.0336. The van der Waals surface area contributed by atoms with E-state index < -0.39 is 28.3 Å². The van der Waals surface area contributed by atoms with Crippen LogP contribution in [0.1, 0.15) is 11.1 Å². The Morgan fingerprint density at radius 3 is 2.48 bits per heavy atom. The van der Waals surface area contributed by atoms with Crippen molar-refractivity contribution in [3.8, 4) is 0 Å². The number of nitrogens with zero attached hydrogens (tertiary/aromatic N) is 2. The molecule has 1 amide bonds. The lowest BCUT2D eigenvalue weighted by Gasteiger charge is -2.25. The van der Waals surface area contributed by atoms with Gasteiger partial charge in [0.25, 0.3) is 10.0 Å². The second kappa shape index (κ2) is 8.99. The van der Waals surface area contributed by atoms with Crippen LogP contribution in [0.3, 0.4) is 0 Å². The number of hydrogen-bond acceptors (Lipinski definition) is 4. The van der Waals surface area contributed by atoms with Gasteiger partial charge >= 0.3 is 0 Å². The highest BCUT2D eigenvalue weighted by Gasteiger charge is 2.29. The Bertz CT molecular complexity index is 1430. The van der Waals surface area contributed by atoms with Crippen LogP contribution in [0.5, 0.6) is 0 Å². The number of nitrogens with one attached hydrogen (secondary N) is 1. The molecule has 33 heavy (non-hydrogen) atoms. The normalized spacial score (nSPS) is 11.4. The van der Waals surface area contributed by atoms with E-state index in [2.05, 4.69) is 10.3 Å². The van der Waals surface area contributed by atoms with Crippen molar-refractivity contribution in [3.05, 3.63) is 96.1 Å². The second-order valence-electron chi connectivity index (χ2n) is 7.64. The number of anilines is 2. The van der Waals surface area contributed by atoms with Crippen LogP contribution in [0.4, 0.5) is 15.8 Å². The number of pyridine rings is 1. The zero-order valence-electron chi connectivity index (χ0n) is 18.1. The third kappa shape index (κ3) is 4.56. The summed E-state index contributed by atoms with van der Waals surface area (Å²) in [6.45, 7) is 3.32. The van der Waals surface area contributed by atoms with Crippen molar-refractivity contribution in [2.24, 2.45) is 0 Å². The number of aryl methyl sites for hydroxylation is 1. The summed E-state index contributed by atoms with van der Waals surface area (Å²) in [7, 11) is -4.18. The molecular weight excluding hydrogens is 441 g/mol. The zero-order chi connectivity index (χ0) is 23.6. The SMILES string of the molecule is Cc1cccc(NC(=O)CN(c2ccc(F)cc2)S(=O)(=O)c2cccc3cnccc23)c1C. The monoisotopic (exact) mass is 463 g/mol. The van der Waals surface area contributed by atoms with Gasteiger partial charge in [-0.1, -0.05) is 24.3 Å². The maximum atomic E-state index is 13.8. The number of sulfonamides is 1. The molecule has 0 radical (unpaired) electrons. The molecule has 0 aliphatic carbocycles. The molecule has 0 aliphatic rings. The van der Waals surface area contributed by atoms with Crippen LogP contribution < -0.4 is 9.62 Å². The summed E-state index contributed by atoms with van der Waals surface area (Å²) in [4.78, 5) is 17.0. The molecule has 6 nitrogen and oxygen atoms in total. The largest absolute Gasteiger partial charge is 0.324 e. The number of fused-ring (bicyclic) bond motifs is 1. The minimum atomic E-state index is -4.18. The van der Waals surface area contributed by atoms with Gasteiger partial charge in [0.1, 0.15) is 12.4 Å². The quantitative estimate of drug-likeness (QED) is 0.444. The summed E-state index contributed by atoms with van der Waals surface area (Å²) in [6, 6.07) is 17.0. The number of halogens is 1. The van der Waals surface area contributed by atoms with Gasteiger partial charge in [-0.25, -0.2) is 12.8 Å². The number of aromatic nitrogens is 1. The zero-order valence-corrected chi connectivity index (χ0v) is 18.9. The van der Waals surface area contributed by atoms with Crippen molar-refractivity contribution in [2.45, 2.75) is 18.7 Å². The molecule has 0 saturated carbocycles. The van der Waals surface area contributed by atoms with Crippen molar-refractivity contribution in [1.29, 1.82) is 0 Å². The van der Waals surface area contributed by atoms with Crippen LogP contribution in [0.25, 0.3) is 10.8 Å². The fourth-order valence-corrected chi connectivity index (χ4v) is 5.20. The number of amides is 1. The smallest absolute Gasteiger partial charge is 0.265 e. The van der Waals surface area contributed by atoms with E-state index >= 15 is 0 Å². The predicted octanol–water partition coefficient (Wildman–Crippen LogP) is 4.82. The van der Waals surface area contributed by atoms with E-state index in [1.54, 1.807) is 30.5 Å².